The average Bonchev–Trinajstić information content (AvgIpc) is 2.36. The monoisotopic (exact) mass is 287 g/mol. The molecule has 1 rings (SSSR count). The van der Waals surface area contributed by atoms with Crippen LogP contribution in [0, 0.1) is 0 Å². The number of aliphatic hydroxyl groups excluding tert-OH is 1. The molecule has 1 aromatic rings. The van der Waals surface area contributed by atoms with Gasteiger partial charge in [-0.3, -0.25) is 4.79 Å². The molecule has 3 N–H and O–H groups in total. The lowest BCUT2D eigenvalue weighted by Crippen LogP contribution is -2.37. The number of alkyl halides is 2. The maximum absolute atomic E-state index is 12.5. The number of aryl methyl sites for hydroxylation is 1. The van der Waals surface area contributed by atoms with Crippen LogP contribution < -0.4 is 5.73 Å². The molecule has 0 aliphatic rings. The Bertz CT molecular complexity index is 455. The van der Waals surface area contributed by atoms with Gasteiger partial charge in [0.05, 0.1) is 13.2 Å². The van der Waals surface area contributed by atoms with Crippen molar-refractivity contribution in [3.8, 4) is 0 Å². The summed E-state index contributed by atoms with van der Waals surface area (Å²) in [5.41, 5.74) is 6.49. The Kier molecular flexibility index (Phi) is 6.30. The van der Waals surface area contributed by atoms with Gasteiger partial charge in [-0.05, 0) is 18.6 Å². The number of rotatable bonds is 7. The van der Waals surface area contributed by atoms with Gasteiger partial charge in [0.2, 0.25) is 0 Å². The quantitative estimate of drug-likeness (QED) is 0.792. The standard InChI is InChI=1S/C13H19F2N3O2/c1-2-3-10-6-9(7-12(16)17-10)13(20)18(4-5-19)8-11(14)15/h6-7,11,19H,2-5,8H2,1H3,(H2,16,17). The highest BCUT2D eigenvalue weighted by atomic mass is 19.3. The lowest BCUT2D eigenvalue weighted by Gasteiger charge is -2.21. The van der Waals surface area contributed by atoms with Crippen molar-refractivity contribution in [2.24, 2.45) is 0 Å². The SMILES string of the molecule is CCCc1cc(C(=O)N(CCO)CC(F)F)cc(N)n1. The van der Waals surface area contributed by atoms with E-state index >= 15 is 0 Å². The first-order valence-electron chi connectivity index (χ1n) is 6.42. The molecular formula is C13H19F2N3O2. The molecular weight excluding hydrogens is 268 g/mol. The Morgan fingerprint density at radius 2 is 2.20 bits per heavy atom. The molecule has 0 atom stereocenters. The predicted octanol–water partition coefficient (Wildman–Crippen LogP) is 1.32. The third-order valence-electron chi connectivity index (χ3n) is 2.67. The third-order valence-corrected chi connectivity index (χ3v) is 2.67. The summed E-state index contributed by atoms with van der Waals surface area (Å²) in [5.74, 6) is -0.397. The summed E-state index contributed by atoms with van der Waals surface area (Å²) in [6, 6.07) is 2.91. The van der Waals surface area contributed by atoms with E-state index in [1.807, 2.05) is 6.92 Å². The highest BCUT2D eigenvalue weighted by molar-refractivity contribution is 5.95. The molecule has 5 nitrogen and oxygen atoms in total. The van der Waals surface area contributed by atoms with Gasteiger partial charge in [0.1, 0.15) is 5.82 Å². The number of hydrogen-bond donors (Lipinski definition) is 2. The summed E-state index contributed by atoms with van der Waals surface area (Å²) in [6.07, 6.45) is -1.17. The zero-order valence-electron chi connectivity index (χ0n) is 11.4. The maximum Gasteiger partial charge on any atom is 0.255 e. The minimum absolute atomic E-state index is 0.144. The molecule has 7 heteroatoms. The van der Waals surface area contributed by atoms with Crippen LogP contribution in [0.1, 0.15) is 29.4 Å². The van der Waals surface area contributed by atoms with Crippen molar-refractivity contribution < 1.29 is 18.7 Å². The van der Waals surface area contributed by atoms with Gasteiger partial charge in [-0.1, -0.05) is 13.3 Å². The lowest BCUT2D eigenvalue weighted by molar-refractivity contribution is 0.0509. The van der Waals surface area contributed by atoms with Crippen molar-refractivity contribution in [3.63, 3.8) is 0 Å². The Hall–Kier alpha value is -1.76. The van der Waals surface area contributed by atoms with E-state index in [1.165, 1.54) is 6.07 Å². The predicted molar refractivity (Wildman–Crippen MR) is 71.6 cm³/mol. The van der Waals surface area contributed by atoms with E-state index in [-0.39, 0.29) is 24.5 Å². The van der Waals surface area contributed by atoms with Crippen molar-refractivity contribution >= 4 is 11.7 Å². The zero-order valence-corrected chi connectivity index (χ0v) is 11.4. The first-order chi connectivity index (χ1) is 9.47. The van der Waals surface area contributed by atoms with Crippen LogP contribution in [-0.4, -0.2) is 47.0 Å². The molecule has 1 heterocycles. The van der Waals surface area contributed by atoms with Crippen LogP contribution in [0.2, 0.25) is 0 Å². The zero-order chi connectivity index (χ0) is 15.1. The Labute approximate surface area is 116 Å². The van der Waals surface area contributed by atoms with E-state index in [0.29, 0.717) is 12.1 Å². The van der Waals surface area contributed by atoms with Gasteiger partial charge in [0, 0.05) is 17.8 Å². The average molecular weight is 287 g/mol. The molecule has 112 valence electrons. The molecule has 0 saturated carbocycles. The van der Waals surface area contributed by atoms with E-state index in [4.69, 9.17) is 10.8 Å². The fraction of sp³-hybridized carbons (Fsp3) is 0.538. The van der Waals surface area contributed by atoms with Crippen LogP contribution in [0.15, 0.2) is 12.1 Å². The summed E-state index contributed by atoms with van der Waals surface area (Å²) in [7, 11) is 0. The van der Waals surface area contributed by atoms with Crippen molar-refractivity contribution in [1.82, 2.24) is 9.88 Å². The highest BCUT2D eigenvalue weighted by Crippen LogP contribution is 2.13. The molecule has 0 aliphatic heterocycles. The molecule has 0 fully saturated rings. The summed E-state index contributed by atoms with van der Waals surface area (Å²) in [5, 5.41) is 8.86. The molecule has 0 bridgehead atoms. The van der Waals surface area contributed by atoms with Gasteiger partial charge in [0.15, 0.2) is 0 Å². The van der Waals surface area contributed by atoms with E-state index in [1.54, 1.807) is 6.07 Å². The molecule has 0 spiro atoms. The fourth-order valence-electron chi connectivity index (χ4n) is 1.86. The second-order valence-electron chi connectivity index (χ2n) is 4.39. The topological polar surface area (TPSA) is 79.5 Å². The largest absolute Gasteiger partial charge is 0.395 e. The fourth-order valence-corrected chi connectivity index (χ4v) is 1.86. The van der Waals surface area contributed by atoms with Crippen molar-refractivity contribution in [2.75, 3.05) is 25.4 Å². The molecule has 0 saturated heterocycles. The van der Waals surface area contributed by atoms with Gasteiger partial charge < -0.3 is 15.7 Å². The van der Waals surface area contributed by atoms with Gasteiger partial charge in [-0.15, -0.1) is 0 Å². The van der Waals surface area contributed by atoms with Gasteiger partial charge in [0.25, 0.3) is 12.3 Å². The number of hydrogen-bond acceptors (Lipinski definition) is 4. The summed E-state index contributed by atoms with van der Waals surface area (Å²) in [6.45, 7) is 0.724. The van der Waals surface area contributed by atoms with Crippen molar-refractivity contribution in [1.29, 1.82) is 0 Å². The molecule has 1 amide bonds. The minimum Gasteiger partial charge on any atom is -0.395 e. The number of carbonyl (C=O) groups excluding carboxylic acids is 1. The number of amides is 1. The molecule has 1 aromatic heterocycles. The van der Waals surface area contributed by atoms with Crippen LogP contribution in [0.25, 0.3) is 0 Å². The Morgan fingerprint density at radius 3 is 2.75 bits per heavy atom. The Morgan fingerprint density at radius 1 is 1.50 bits per heavy atom. The first kappa shape index (κ1) is 16.3. The maximum atomic E-state index is 12.5. The first-order valence-corrected chi connectivity index (χ1v) is 6.42. The number of pyridine rings is 1. The van der Waals surface area contributed by atoms with E-state index < -0.39 is 18.9 Å². The molecule has 20 heavy (non-hydrogen) atoms. The highest BCUT2D eigenvalue weighted by Gasteiger charge is 2.20. The summed E-state index contributed by atoms with van der Waals surface area (Å²) < 4.78 is 24.9. The number of aromatic nitrogens is 1. The van der Waals surface area contributed by atoms with Gasteiger partial charge in [-0.2, -0.15) is 0 Å². The number of halogens is 2. The van der Waals surface area contributed by atoms with E-state index in [2.05, 4.69) is 4.98 Å². The van der Waals surface area contributed by atoms with E-state index in [0.717, 1.165) is 11.3 Å². The number of nitrogens with zero attached hydrogens (tertiary/aromatic N) is 2. The molecule has 0 radical (unpaired) electrons. The number of anilines is 1. The van der Waals surface area contributed by atoms with Gasteiger partial charge >= 0.3 is 0 Å². The van der Waals surface area contributed by atoms with Crippen LogP contribution in [0.4, 0.5) is 14.6 Å². The third kappa shape index (κ3) is 4.73. The number of carbonyl (C=O) groups is 1. The van der Waals surface area contributed by atoms with Gasteiger partial charge in [-0.25, -0.2) is 13.8 Å². The van der Waals surface area contributed by atoms with Crippen molar-refractivity contribution in [2.45, 2.75) is 26.2 Å². The normalized spacial score (nSPS) is 10.8. The van der Waals surface area contributed by atoms with Crippen LogP contribution in [-0.2, 0) is 6.42 Å². The van der Waals surface area contributed by atoms with Crippen LogP contribution in [0.3, 0.4) is 0 Å². The van der Waals surface area contributed by atoms with Crippen molar-refractivity contribution in [3.05, 3.63) is 23.4 Å². The lowest BCUT2D eigenvalue weighted by atomic mass is 10.1. The summed E-state index contributed by atoms with van der Waals surface area (Å²) >= 11 is 0. The Balaban J connectivity index is 2.98. The van der Waals surface area contributed by atoms with Crippen LogP contribution in [0.5, 0.6) is 0 Å². The molecule has 0 aliphatic carbocycles. The summed E-state index contributed by atoms with van der Waals surface area (Å²) in [4.78, 5) is 17.2. The van der Waals surface area contributed by atoms with Crippen LogP contribution >= 0.6 is 0 Å². The molecule has 0 aromatic carbocycles. The number of nitrogen functional groups attached to an aromatic ring is 1. The molecule has 0 unspecified atom stereocenters. The van der Waals surface area contributed by atoms with E-state index in [9.17, 15) is 13.6 Å². The second kappa shape index (κ2) is 7.74. The minimum atomic E-state index is -2.65. The smallest absolute Gasteiger partial charge is 0.255 e. The number of nitrogens with two attached hydrogens (primary N) is 1. The number of aliphatic hydroxyl groups is 1. The second-order valence-corrected chi connectivity index (χ2v) is 4.39.